The Labute approximate surface area is 126 Å². The standard InChI is InChI=1S/C16H24N2O3/c1-3-17-15(19)18-12-16(8-10-21-11-9-16)13-6-4-5-7-14(13)20-2/h4-7H,3,8-12H2,1-2H3,(H2,17,18,19). The Morgan fingerprint density at radius 2 is 2.00 bits per heavy atom. The van der Waals surface area contributed by atoms with Gasteiger partial charge < -0.3 is 20.1 Å². The molecule has 5 nitrogen and oxygen atoms in total. The number of hydrogen-bond acceptors (Lipinski definition) is 3. The zero-order chi connectivity index (χ0) is 15.1. The Hall–Kier alpha value is -1.75. The number of rotatable bonds is 5. The summed E-state index contributed by atoms with van der Waals surface area (Å²) in [6.45, 7) is 4.52. The number of urea groups is 1. The molecule has 1 fully saturated rings. The molecule has 2 amide bonds. The zero-order valence-corrected chi connectivity index (χ0v) is 12.8. The molecule has 1 aliphatic rings. The molecule has 1 aromatic carbocycles. The second-order valence-electron chi connectivity index (χ2n) is 5.31. The number of para-hydroxylation sites is 1. The van der Waals surface area contributed by atoms with Crippen molar-refractivity contribution < 1.29 is 14.3 Å². The van der Waals surface area contributed by atoms with Crippen molar-refractivity contribution in [3.63, 3.8) is 0 Å². The summed E-state index contributed by atoms with van der Waals surface area (Å²) >= 11 is 0. The summed E-state index contributed by atoms with van der Waals surface area (Å²) < 4.78 is 11.0. The first-order valence-corrected chi connectivity index (χ1v) is 7.45. The molecule has 0 aliphatic carbocycles. The van der Waals surface area contributed by atoms with Crippen molar-refractivity contribution in [1.82, 2.24) is 10.6 Å². The molecule has 0 atom stereocenters. The van der Waals surface area contributed by atoms with E-state index in [2.05, 4.69) is 16.7 Å². The fourth-order valence-electron chi connectivity index (χ4n) is 2.86. The summed E-state index contributed by atoms with van der Waals surface area (Å²) in [5.74, 6) is 0.872. The summed E-state index contributed by atoms with van der Waals surface area (Å²) in [5.41, 5.74) is 1.02. The largest absolute Gasteiger partial charge is 0.496 e. The third-order valence-electron chi connectivity index (χ3n) is 4.05. The highest BCUT2D eigenvalue weighted by Crippen LogP contribution is 2.39. The number of benzene rings is 1. The maximum absolute atomic E-state index is 11.7. The van der Waals surface area contributed by atoms with E-state index in [9.17, 15) is 4.79 Å². The summed E-state index contributed by atoms with van der Waals surface area (Å²) in [5, 5.41) is 5.75. The van der Waals surface area contributed by atoms with Crippen LogP contribution in [-0.4, -0.2) is 39.4 Å². The molecule has 21 heavy (non-hydrogen) atoms. The van der Waals surface area contributed by atoms with Crippen molar-refractivity contribution >= 4 is 6.03 Å². The van der Waals surface area contributed by atoms with Crippen molar-refractivity contribution in [2.24, 2.45) is 0 Å². The number of hydrogen-bond donors (Lipinski definition) is 2. The van der Waals surface area contributed by atoms with E-state index in [4.69, 9.17) is 9.47 Å². The Kier molecular flexibility index (Phi) is 5.44. The van der Waals surface area contributed by atoms with Crippen LogP contribution in [-0.2, 0) is 10.2 Å². The molecule has 1 heterocycles. The van der Waals surface area contributed by atoms with Crippen LogP contribution in [0.4, 0.5) is 4.79 Å². The summed E-state index contributed by atoms with van der Waals surface area (Å²) in [7, 11) is 1.68. The maximum Gasteiger partial charge on any atom is 0.314 e. The average Bonchev–Trinajstić information content (AvgIpc) is 2.54. The number of carbonyl (C=O) groups is 1. The second-order valence-corrected chi connectivity index (χ2v) is 5.31. The SMILES string of the molecule is CCNC(=O)NCC1(c2ccccc2OC)CCOCC1. The van der Waals surface area contributed by atoms with Crippen LogP contribution in [0.2, 0.25) is 0 Å². The average molecular weight is 292 g/mol. The molecule has 0 bridgehead atoms. The molecule has 0 spiro atoms. The van der Waals surface area contributed by atoms with E-state index >= 15 is 0 Å². The lowest BCUT2D eigenvalue weighted by molar-refractivity contribution is 0.0498. The van der Waals surface area contributed by atoms with Crippen LogP contribution in [0.3, 0.4) is 0 Å². The van der Waals surface area contributed by atoms with Gasteiger partial charge in [-0.2, -0.15) is 0 Å². The highest BCUT2D eigenvalue weighted by atomic mass is 16.5. The van der Waals surface area contributed by atoms with Crippen molar-refractivity contribution in [2.75, 3.05) is 33.4 Å². The molecule has 5 heteroatoms. The molecule has 0 saturated carbocycles. The van der Waals surface area contributed by atoms with Crippen LogP contribution in [0.1, 0.15) is 25.3 Å². The third-order valence-corrected chi connectivity index (χ3v) is 4.05. The topological polar surface area (TPSA) is 59.6 Å². The molecule has 1 aliphatic heterocycles. The predicted octanol–water partition coefficient (Wildman–Crippen LogP) is 2.06. The molecule has 0 radical (unpaired) electrons. The Bertz CT molecular complexity index is 470. The van der Waals surface area contributed by atoms with Gasteiger partial charge in [0.1, 0.15) is 5.75 Å². The van der Waals surface area contributed by atoms with Gasteiger partial charge >= 0.3 is 6.03 Å². The zero-order valence-electron chi connectivity index (χ0n) is 12.8. The smallest absolute Gasteiger partial charge is 0.314 e. The summed E-state index contributed by atoms with van der Waals surface area (Å²) in [6, 6.07) is 7.91. The van der Waals surface area contributed by atoms with Gasteiger partial charge in [-0.3, -0.25) is 0 Å². The van der Waals surface area contributed by atoms with E-state index in [1.165, 1.54) is 0 Å². The molecule has 0 unspecified atom stereocenters. The third kappa shape index (κ3) is 3.67. The minimum Gasteiger partial charge on any atom is -0.496 e. The monoisotopic (exact) mass is 292 g/mol. The van der Waals surface area contributed by atoms with Crippen LogP contribution in [0.25, 0.3) is 0 Å². The van der Waals surface area contributed by atoms with Crippen LogP contribution < -0.4 is 15.4 Å². The van der Waals surface area contributed by atoms with E-state index in [1.807, 2.05) is 25.1 Å². The molecule has 1 saturated heterocycles. The molecular weight excluding hydrogens is 268 g/mol. The number of amides is 2. The van der Waals surface area contributed by atoms with Crippen molar-refractivity contribution in [1.29, 1.82) is 0 Å². The number of nitrogens with one attached hydrogen (secondary N) is 2. The van der Waals surface area contributed by atoms with Gasteiger partial charge in [0, 0.05) is 37.3 Å². The van der Waals surface area contributed by atoms with Gasteiger partial charge in [0.15, 0.2) is 0 Å². The summed E-state index contributed by atoms with van der Waals surface area (Å²) in [6.07, 6.45) is 1.75. The van der Waals surface area contributed by atoms with Crippen molar-refractivity contribution in [3.05, 3.63) is 29.8 Å². The Morgan fingerprint density at radius 1 is 1.29 bits per heavy atom. The fourth-order valence-corrected chi connectivity index (χ4v) is 2.86. The van der Waals surface area contributed by atoms with Crippen LogP contribution in [0, 0.1) is 0 Å². The minimum atomic E-state index is -0.129. The van der Waals surface area contributed by atoms with Gasteiger partial charge in [-0.25, -0.2) is 4.79 Å². The van der Waals surface area contributed by atoms with E-state index in [-0.39, 0.29) is 11.4 Å². The first kappa shape index (κ1) is 15.6. The van der Waals surface area contributed by atoms with E-state index in [1.54, 1.807) is 7.11 Å². The first-order valence-electron chi connectivity index (χ1n) is 7.45. The maximum atomic E-state index is 11.7. The minimum absolute atomic E-state index is 0.127. The number of carbonyl (C=O) groups excluding carboxylic acids is 1. The highest BCUT2D eigenvalue weighted by Gasteiger charge is 2.37. The van der Waals surface area contributed by atoms with Gasteiger partial charge in [0.25, 0.3) is 0 Å². The van der Waals surface area contributed by atoms with Gasteiger partial charge in [0.05, 0.1) is 7.11 Å². The summed E-state index contributed by atoms with van der Waals surface area (Å²) in [4.78, 5) is 11.7. The molecule has 2 N–H and O–H groups in total. The van der Waals surface area contributed by atoms with Crippen LogP contribution in [0.5, 0.6) is 5.75 Å². The molecular formula is C16H24N2O3. The van der Waals surface area contributed by atoms with Crippen molar-refractivity contribution in [2.45, 2.75) is 25.2 Å². The van der Waals surface area contributed by atoms with E-state index < -0.39 is 0 Å². The lowest BCUT2D eigenvalue weighted by atomic mass is 9.73. The van der Waals surface area contributed by atoms with Gasteiger partial charge in [-0.05, 0) is 25.8 Å². The molecule has 116 valence electrons. The molecule has 2 rings (SSSR count). The predicted molar refractivity (Wildman–Crippen MR) is 81.8 cm³/mol. The Balaban J connectivity index is 2.22. The second kappa shape index (κ2) is 7.31. The fraction of sp³-hybridized carbons (Fsp3) is 0.562. The van der Waals surface area contributed by atoms with E-state index in [0.717, 1.165) is 24.2 Å². The quantitative estimate of drug-likeness (QED) is 0.873. The number of methoxy groups -OCH3 is 1. The van der Waals surface area contributed by atoms with Crippen LogP contribution in [0.15, 0.2) is 24.3 Å². The highest BCUT2D eigenvalue weighted by molar-refractivity contribution is 5.73. The normalized spacial score (nSPS) is 17.0. The van der Waals surface area contributed by atoms with Crippen molar-refractivity contribution in [3.8, 4) is 5.75 Å². The Morgan fingerprint density at radius 3 is 2.67 bits per heavy atom. The molecule has 1 aromatic rings. The van der Waals surface area contributed by atoms with Crippen LogP contribution >= 0.6 is 0 Å². The number of ether oxygens (including phenoxy) is 2. The molecule has 0 aromatic heterocycles. The van der Waals surface area contributed by atoms with E-state index in [0.29, 0.717) is 26.3 Å². The van der Waals surface area contributed by atoms with Gasteiger partial charge in [0.2, 0.25) is 0 Å². The first-order chi connectivity index (χ1) is 10.2. The van der Waals surface area contributed by atoms with Gasteiger partial charge in [-0.1, -0.05) is 18.2 Å². The van der Waals surface area contributed by atoms with Gasteiger partial charge in [-0.15, -0.1) is 0 Å². The lowest BCUT2D eigenvalue weighted by Crippen LogP contribution is -2.47. The lowest BCUT2D eigenvalue weighted by Gasteiger charge is -2.38.